The molecule has 0 aliphatic rings. The number of rotatable bonds is 3. The number of aromatic amines is 1. The van der Waals surface area contributed by atoms with Crippen LogP contribution in [0.5, 0.6) is 0 Å². The van der Waals surface area contributed by atoms with Gasteiger partial charge in [0, 0.05) is 0 Å². The van der Waals surface area contributed by atoms with Crippen LogP contribution in [-0.4, -0.2) is 20.2 Å². The molecule has 6 nitrogen and oxygen atoms in total. The maximum atomic E-state index is 12.5. The van der Waals surface area contributed by atoms with Crippen molar-refractivity contribution in [2.24, 2.45) is 0 Å². The molecule has 2 heterocycles. The summed E-state index contributed by atoms with van der Waals surface area (Å²) in [5.41, 5.74) is 4.80. The second-order valence-corrected chi connectivity index (χ2v) is 3.44. The molecule has 0 unspecified atom stereocenters. The molecule has 0 bridgehead atoms. The monoisotopic (exact) mass is 258 g/mol. The zero-order valence-corrected chi connectivity index (χ0v) is 8.99. The predicted octanol–water partition coefficient (Wildman–Crippen LogP) is 1.41. The van der Waals surface area contributed by atoms with Crippen molar-refractivity contribution in [2.75, 3.05) is 11.1 Å². The van der Waals surface area contributed by atoms with Crippen LogP contribution in [0.1, 0.15) is 11.5 Å². The fourth-order valence-electron chi connectivity index (χ4n) is 1.27. The zero-order chi connectivity index (χ0) is 13.2. The molecule has 0 saturated carbocycles. The number of aromatic nitrogens is 4. The molecule has 2 aromatic heterocycles. The SMILES string of the molecule is Nc1cnc(C(F)(F)F)cc1NCc1ncn[nH]1. The van der Waals surface area contributed by atoms with E-state index in [0.29, 0.717) is 5.82 Å². The number of hydrogen-bond acceptors (Lipinski definition) is 5. The van der Waals surface area contributed by atoms with E-state index in [1.807, 2.05) is 0 Å². The number of nitrogens with one attached hydrogen (secondary N) is 2. The number of halogens is 3. The predicted molar refractivity (Wildman–Crippen MR) is 57.4 cm³/mol. The van der Waals surface area contributed by atoms with Crippen LogP contribution < -0.4 is 11.1 Å². The first-order valence-electron chi connectivity index (χ1n) is 4.87. The van der Waals surface area contributed by atoms with E-state index in [-0.39, 0.29) is 17.9 Å². The number of anilines is 2. The topological polar surface area (TPSA) is 92.5 Å². The molecule has 2 aromatic rings. The lowest BCUT2D eigenvalue weighted by atomic mass is 10.2. The molecular formula is C9H9F3N6. The molecule has 0 spiro atoms. The summed E-state index contributed by atoms with van der Waals surface area (Å²) in [6.07, 6.45) is -2.24. The number of hydrogen-bond donors (Lipinski definition) is 3. The van der Waals surface area contributed by atoms with Crippen molar-refractivity contribution in [3.63, 3.8) is 0 Å². The zero-order valence-electron chi connectivity index (χ0n) is 8.99. The highest BCUT2D eigenvalue weighted by molar-refractivity contribution is 5.65. The summed E-state index contributed by atoms with van der Waals surface area (Å²) in [6.45, 7) is 0.186. The second kappa shape index (κ2) is 4.51. The Labute approximate surface area is 99.4 Å². The third-order valence-electron chi connectivity index (χ3n) is 2.14. The van der Waals surface area contributed by atoms with Gasteiger partial charge in [0.15, 0.2) is 0 Å². The van der Waals surface area contributed by atoms with Crippen molar-refractivity contribution in [1.29, 1.82) is 0 Å². The van der Waals surface area contributed by atoms with Crippen molar-refractivity contribution < 1.29 is 13.2 Å². The van der Waals surface area contributed by atoms with Crippen LogP contribution >= 0.6 is 0 Å². The Kier molecular flexibility index (Phi) is 3.04. The van der Waals surface area contributed by atoms with Gasteiger partial charge in [-0.1, -0.05) is 0 Å². The van der Waals surface area contributed by atoms with Crippen molar-refractivity contribution in [2.45, 2.75) is 12.7 Å². The molecule has 2 rings (SSSR count). The third-order valence-corrected chi connectivity index (χ3v) is 2.14. The van der Waals surface area contributed by atoms with Crippen LogP contribution in [0, 0.1) is 0 Å². The first-order chi connectivity index (χ1) is 8.47. The summed E-state index contributed by atoms with van der Waals surface area (Å²) in [7, 11) is 0. The summed E-state index contributed by atoms with van der Waals surface area (Å²) in [6, 6.07) is 0.853. The van der Waals surface area contributed by atoms with Crippen molar-refractivity contribution in [1.82, 2.24) is 20.2 Å². The van der Waals surface area contributed by atoms with Gasteiger partial charge >= 0.3 is 6.18 Å². The molecular weight excluding hydrogens is 249 g/mol. The van der Waals surface area contributed by atoms with Gasteiger partial charge in [-0.2, -0.15) is 18.3 Å². The van der Waals surface area contributed by atoms with Gasteiger partial charge in [0.25, 0.3) is 0 Å². The van der Waals surface area contributed by atoms with Crippen molar-refractivity contribution in [3.8, 4) is 0 Å². The van der Waals surface area contributed by atoms with Gasteiger partial charge in [0.05, 0.1) is 24.1 Å². The maximum absolute atomic E-state index is 12.5. The highest BCUT2D eigenvalue weighted by atomic mass is 19.4. The van der Waals surface area contributed by atoms with E-state index in [4.69, 9.17) is 5.73 Å². The van der Waals surface area contributed by atoms with E-state index in [9.17, 15) is 13.2 Å². The molecule has 0 amide bonds. The summed E-state index contributed by atoms with van der Waals surface area (Å²) < 4.78 is 37.4. The highest BCUT2D eigenvalue weighted by Gasteiger charge is 2.32. The van der Waals surface area contributed by atoms with Crippen molar-refractivity contribution in [3.05, 3.63) is 30.1 Å². The molecule has 18 heavy (non-hydrogen) atoms. The molecule has 9 heteroatoms. The Bertz CT molecular complexity index is 522. The van der Waals surface area contributed by atoms with E-state index in [1.165, 1.54) is 6.33 Å². The second-order valence-electron chi connectivity index (χ2n) is 3.44. The molecule has 0 saturated heterocycles. The van der Waals surface area contributed by atoms with Gasteiger partial charge in [-0.05, 0) is 6.07 Å². The summed E-state index contributed by atoms with van der Waals surface area (Å²) in [5.74, 6) is 0.486. The number of H-pyrrole nitrogens is 1. The van der Waals surface area contributed by atoms with E-state index >= 15 is 0 Å². The van der Waals surface area contributed by atoms with Crippen LogP contribution in [0.2, 0.25) is 0 Å². The largest absolute Gasteiger partial charge is 0.433 e. The van der Waals surface area contributed by atoms with E-state index in [1.54, 1.807) is 0 Å². The smallest absolute Gasteiger partial charge is 0.396 e. The van der Waals surface area contributed by atoms with Crippen LogP contribution in [-0.2, 0) is 12.7 Å². The molecule has 4 N–H and O–H groups in total. The molecule has 0 aromatic carbocycles. The van der Waals surface area contributed by atoms with Gasteiger partial charge in [-0.15, -0.1) is 0 Å². The number of alkyl halides is 3. The Morgan fingerprint density at radius 2 is 2.11 bits per heavy atom. The lowest BCUT2D eigenvalue weighted by Crippen LogP contribution is -2.11. The van der Waals surface area contributed by atoms with Crippen LogP contribution in [0.3, 0.4) is 0 Å². The van der Waals surface area contributed by atoms with Gasteiger partial charge in [-0.25, -0.2) is 9.97 Å². The standard InChI is InChI=1S/C9H9F3N6/c10-9(11,12)7-1-6(5(13)2-15-7)14-3-8-16-4-17-18-8/h1-2,4H,3,13H2,(H,14,15)(H,16,17,18). The quantitative estimate of drug-likeness (QED) is 0.774. The molecule has 0 atom stereocenters. The maximum Gasteiger partial charge on any atom is 0.433 e. The lowest BCUT2D eigenvalue weighted by Gasteiger charge is -2.11. The van der Waals surface area contributed by atoms with Gasteiger partial charge in [0.1, 0.15) is 17.8 Å². The number of nitrogens with zero attached hydrogens (tertiary/aromatic N) is 3. The molecule has 0 aliphatic heterocycles. The average molecular weight is 258 g/mol. The Balaban J connectivity index is 2.16. The lowest BCUT2D eigenvalue weighted by molar-refractivity contribution is -0.141. The van der Waals surface area contributed by atoms with E-state index < -0.39 is 11.9 Å². The third kappa shape index (κ3) is 2.67. The fourth-order valence-corrected chi connectivity index (χ4v) is 1.27. The Morgan fingerprint density at radius 3 is 2.72 bits per heavy atom. The Hall–Kier alpha value is -2.32. The normalized spacial score (nSPS) is 11.5. The first-order valence-corrected chi connectivity index (χ1v) is 4.87. The van der Waals surface area contributed by atoms with Gasteiger partial charge in [-0.3, -0.25) is 5.10 Å². The number of pyridine rings is 1. The van der Waals surface area contributed by atoms with Crippen LogP contribution in [0.15, 0.2) is 18.6 Å². The first kappa shape index (κ1) is 12.1. The summed E-state index contributed by atoms with van der Waals surface area (Å²) >= 11 is 0. The molecule has 0 radical (unpaired) electrons. The molecule has 0 aliphatic carbocycles. The summed E-state index contributed by atoms with van der Waals surface area (Å²) in [5, 5.41) is 8.91. The fraction of sp³-hybridized carbons (Fsp3) is 0.222. The Morgan fingerprint density at radius 1 is 1.33 bits per heavy atom. The average Bonchev–Trinajstić information content (AvgIpc) is 2.79. The van der Waals surface area contributed by atoms with Gasteiger partial charge < -0.3 is 11.1 Å². The molecule has 96 valence electrons. The molecule has 0 fully saturated rings. The minimum atomic E-state index is -4.50. The number of nitrogens with two attached hydrogens (primary N) is 1. The van der Waals surface area contributed by atoms with Gasteiger partial charge in [0.2, 0.25) is 0 Å². The van der Waals surface area contributed by atoms with Crippen LogP contribution in [0.25, 0.3) is 0 Å². The van der Waals surface area contributed by atoms with E-state index in [0.717, 1.165) is 12.3 Å². The van der Waals surface area contributed by atoms with E-state index in [2.05, 4.69) is 25.5 Å². The minimum absolute atomic E-state index is 0.127. The minimum Gasteiger partial charge on any atom is -0.396 e. The summed E-state index contributed by atoms with van der Waals surface area (Å²) in [4.78, 5) is 7.05. The van der Waals surface area contributed by atoms with Crippen molar-refractivity contribution >= 4 is 11.4 Å². The number of nitrogen functional groups attached to an aromatic ring is 1. The highest BCUT2D eigenvalue weighted by Crippen LogP contribution is 2.31. The van der Waals surface area contributed by atoms with Crippen LogP contribution in [0.4, 0.5) is 24.5 Å².